The van der Waals surface area contributed by atoms with Crippen LogP contribution in [0, 0.1) is 5.92 Å². The third kappa shape index (κ3) is 4.58. The predicted octanol–water partition coefficient (Wildman–Crippen LogP) is 4.46. The maximum atomic E-state index is 12.6. The maximum Gasteiger partial charge on any atom is 0.346 e. The highest BCUT2D eigenvalue weighted by molar-refractivity contribution is 6.30. The molecule has 2 aromatic carbocycles. The van der Waals surface area contributed by atoms with Gasteiger partial charge in [0.2, 0.25) is 5.78 Å². The van der Waals surface area contributed by atoms with E-state index >= 15 is 0 Å². The number of carbonyl (C=O) groups is 2. The summed E-state index contributed by atoms with van der Waals surface area (Å²) in [5, 5.41) is 11.1. The molecule has 0 spiro atoms. The Balaban J connectivity index is 1.69. The van der Waals surface area contributed by atoms with Gasteiger partial charge in [-0.15, -0.1) is 0 Å². The second kappa shape index (κ2) is 8.40. The van der Waals surface area contributed by atoms with Crippen molar-refractivity contribution in [2.75, 3.05) is 0 Å². The fraction of sp³-hybridized carbons (Fsp3) is 0.273. The molecule has 4 nitrogen and oxygen atoms in total. The Bertz CT molecular complexity index is 856. The van der Waals surface area contributed by atoms with E-state index in [1.807, 2.05) is 42.5 Å². The van der Waals surface area contributed by atoms with E-state index in [-0.39, 0.29) is 17.3 Å². The number of aryl methyl sites for hydroxylation is 1. The van der Waals surface area contributed by atoms with E-state index in [1.54, 1.807) is 19.1 Å². The fourth-order valence-electron chi connectivity index (χ4n) is 3.18. The van der Waals surface area contributed by atoms with E-state index in [9.17, 15) is 14.7 Å². The largest absolute Gasteiger partial charge is 0.511 e. The van der Waals surface area contributed by atoms with E-state index in [0.29, 0.717) is 24.3 Å². The summed E-state index contributed by atoms with van der Waals surface area (Å²) in [7, 11) is 0. The summed E-state index contributed by atoms with van der Waals surface area (Å²) in [6, 6.07) is 16.9. The van der Waals surface area contributed by atoms with Crippen molar-refractivity contribution in [1.29, 1.82) is 0 Å². The van der Waals surface area contributed by atoms with Crippen molar-refractivity contribution in [2.24, 2.45) is 5.92 Å². The highest BCUT2D eigenvalue weighted by atomic mass is 35.5. The SMILES string of the molecule is CC(Cc1ccc(Cl)cc1)C(O)=C1C(=O)OC(CCc2ccccc2)C1=O. The summed E-state index contributed by atoms with van der Waals surface area (Å²) < 4.78 is 5.22. The molecule has 0 amide bonds. The molecule has 27 heavy (non-hydrogen) atoms. The number of rotatable bonds is 6. The standard InChI is InChI=1S/C22H21ClO4/c1-14(13-16-7-10-17(23)11-8-16)20(24)19-21(25)18(27-22(19)26)12-9-15-5-3-2-4-6-15/h2-8,10-11,14,18,24H,9,12-13H2,1H3. The molecule has 1 fully saturated rings. The molecule has 1 heterocycles. The number of aliphatic hydroxyl groups is 1. The van der Waals surface area contributed by atoms with Crippen LogP contribution < -0.4 is 0 Å². The predicted molar refractivity (Wildman–Crippen MR) is 104 cm³/mol. The third-order valence-corrected chi connectivity index (χ3v) is 4.96. The molecule has 3 rings (SSSR count). The van der Waals surface area contributed by atoms with Crippen molar-refractivity contribution in [3.05, 3.63) is 82.1 Å². The van der Waals surface area contributed by atoms with Gasteiger partial charge in [-0.3, -0.25) is 4.79 Å². The first-order chi connectivity index (χ1) is 13.0. The minimum atomic E-state index is -0.836. The molecule has 2 atom stereocenters. The summed E-state index contributed by atoms with van der Waals surface area (Å²) in [6.45, 7) is 1.77. The average molecular weight is 385 g/mol. The van der Waals surface area contributed by atoms with Gasteiger partial charge in [-0.25, -0.2) is 4.79 Å². The molecule has 0 radical (unpaired) electrons. The van der Waals surface area contributed by atoms with Crippen molar-refractivity contribution >= 4 is 23.4 Å². The number of carbonyl (C=O) groups excluding carboxylic acids is 2. The van der Waals surface area contributed by atoms with Crippen molar-refractivity contribution < 1.29 is 19.4 Å². The number of allylic oxidation sites excluding steroid dienone is 1. The Morgan fingerprint density at radius 1 is 1.07 bits per heavy atom. The number of Topliss-reactive ketones (excluding diaryl/α,β-unsaturated/α-hetero) is 1. The number of hydrogen-bond donors (Lipinski definition) is 1. The zero-order valence-corrected chi connectivity index (χ0v) is 15.8. The van der Waals surface area contributed by atoms with Gasteiger partial charge in [0.15, 0.2) is 6.10 Å². The molecular weight excluding hydrogens is 364 g/mol. The molecule has 1 saturated heterocycles. The van der Waals surface area contributed by atoms with Gasteiger partial charge in [-0.2, -0.15) is 0 Å². The molecule has 0 saturated carbocycles. The van der Waals surface area contributed by atoms with Crippen LogP contribution in [-0.2, 0) is 27.2 Å². The van der Waals surface area contributed by atoms with E-state index < -0.39 is 17.9 Å². The van der Waals surface area contributed by atoms with Gasteiger partial charge in [0.05, 0.1) is 0 Å². The topological polar surface area (TPSA) is 63.6 Å². The molecule has 0 aliphatic carbocycles. The van der Waals surface area contributed by atoms with Crippen LogP contribution >= 0.6 is 11.6 Å². The van der Waals surface area contributed by atoms with Crippen LogP contribution in [0.4, 0.5) is 0 Å². The first kappa shape index (κ1) is 19.2. The third-order valence-electron chi connectivity index (χ3n) is 4.71. The Morgan fingerprint density at radius 3 is 2.41 bits per heavy atom. The highest BCUT2D eigenvalue weighted by Crippen LogP contribution is 2.27. The van der Waals surface area contributed by atoms with Crippen LogP contribution in [0.1, 0.15) is 24.5 Å². The van der Waals surface area contributed by atoms with E-state index in [2.05, 4.69) is 0 Å². The Hall–Kier alpha value is -2.59. The first-order valence-corrected chi connectivity index (χ1v) is 9.30. The maximum absolute atomic E-state index is 12.6. The summed E-state index contributed by atoms with van der Waals surface area (Å²) in [5.74, 6) is -1.76. The van der Waals surface area contributed by atoms with Gasteiger partial charge >= 0.3 is 5.97 Å². The number of hydrogen-bond acceptors (Lipinski definition) is 4. The molecule has 2 aromatic rings. The number of cyclic esters (lactones) is 1. The van der Waals surface area contributed by atoms with Gasteiger partial charge < -0.3 is 9.84 Å². The molecule has 1 N–H and O–H groups in total. The van der Waals surface area contributed by atoms with Gasteiger partial charge in [-0.05, 0) is 42.5 Å². The monoisotopic (exact) mass is 384 g/mol. The normalized spacial score (nSPS) is 19.7. The summed E-state index contributed by atoms with van der Waals surface area (Å²) in [4.78, 5) is 24.8. The number of aliphatic hydroxyl groups excluding tert-OH is 1. The van der Waals surface area contributed by atoms with Crippen molar-refractivity contribution in [1.82, 2.24) is 0 Å². The summed E-state index contributed by atoms with van der Waals surface area (Å²) in [5.41, 5.74) is 1.81. The molecule has 5 heteroatoms. The molecule has 2 unspecified atom stereocenters. The molecule has 1 aliphatic rings. The van der Waals surface area contributed by atoms with Crippen LogP contribution in [0.25, 0.3) is 0 Å². The fourth-order valence-corrected chi connectivity index (χ4v) is 3.31. The number of ether oxygens (including phenoxy) is 1. The molecule has 0 bridgehead atoms. The quantitative estimate of drug-likeness (QED) is 0.345. The van der Waals surface area contributed by atoms with Crippen molar-refractivity contribution in [3.63, 3.8) is 0 Å². The number of halogens is 1. The first-order valence-electron chi connectivity index (χ1n) is 8.92. The van der Waals surface area contributed by atoms with E-state index in [1.165, 1.54) is 0 Å². The van der Waals surface area contributed by atoms with Crippen molar-refractivity contribution in [3.8, 4) is 0 Å². The minimum Gasteiger partial charge on any atom is -0.511 e. The minimum absolute atomic E-state index is 0.206. The van der Waals surface area contributed by atoms with Crippen LogP contribution in [0.5, 0.6) is 0 Å². The second-order valence-electron chi connectivity index (χ2n) is 6.77. The zero-order chi connectivity index (χ0) is 19.4. The van der Waals surface area contributed by atoms with Gasteiger partial charge in [0.25, 0.3) is 0 Å². The van der Waals surface area contributed by atoms with Crippen LogP contribution in [-0.4, -0.2) is 23.0 Å². The molecule has 0 aromatic heterocycles. The van der Waals surface area contributed by atoms with Gasteiger partial charge in [0, 0.05) is 10.9 Å². The number of benzene rings is 2. The van der Waals surface area contributed by atoms with E-state index in [4.69, 9.17) is 16.3 Å². The average Bonchev–Trinajstić information content (AvgIpc) is 2.95. The van der Waals surface area contributed by atoms with Crippen LogP contribution in [0.3, 0.4) is 0 Å². The Kier molecular flexibility index (Phi) is 5.97. The van der Waals surface area contributed by atoms with Crippen LogP contribution in [0.15, 0.2) is 65.9 Å². The number of esters is 1. The Morgan fingerprint density at radius 2 is 1.74 bits per heavy atom. The smallest absolute Gasteiger partial charge is 0.346 e. The molecular formula is C22H21ClO4. The summed E-state index contributed by atoms with van der Waals surface area (Å²) in [6.07, 6.45) is 0.676. The van der Waals surface area contributed by atoms with Crippen molar-refractivity contribution in [2.45, 2.75) is 32.3 Å². The second-order valence-corrected chi connectivity index (χ2v) is 7.21. The Labute approximate surface area is 163 Å². The van der Waals surface area contributed by atoms with Crippen LogP contribution in [0.2, 0.25) is 5.02 Å². The lowest BCUT2D eigenvalue weighted by molar-refractivity contribution is -0.141. The summed E-state index contributed by atoms with van der Waals surface area (Å²) >= 11 is 5.88. The molecule has 1 aliphatic heterocycles. The van der Waals surface area contributed by atoms with E-state index in [0.717, 1.165) is 11.1 Å². The lowest BCUT2D eigenvalue weighted by atomic mass is 9.94. The lowest BCUT2D eigenvalue weighted by Gasteiger charge is -2.12. The highest BCUT2D eigenvalue weighted by Gasteiger charge is 2.41. The number of ketones is 1. The van der Waals surface area contributed by atoms with Gasteiger partial charge in [-0.1, -0.05) is 61.0 Å². The lowest BCUT2D eigenvalue weighted by Crippen LogP contribution is -2.18. The zero-order valence-electron chi connectivity index (χ0n) is 15.0. The van der Waals surface area contributed by atoms with Gasteiger partial charge in [0.1, 0.15) is 11.3 Å². The molecule has 140 valence electrons.